The minimum atomic E-state index is -0.525. The second-order valence-corrected chi connectivity index (χ2v) is 5.88. The third-order valence-electron chi connectivity index (χ3n) is 2.42. The Morgan fingerprint density at radius 2 is 1.78 bits per heavy atom. The van der Waals surface area contributed by atoms with Gasteiger partial charge in [0.05, 0.1) is 6.54 Å². The molecule has 0 aliphatic carbocycles. The summed E-state index contributed by atoms with van der Waals surface area (Å²) in [5, 5.41) is 0. The fourth-order valence-corrected chi connectivity index (χ4v) is 1.28. The van der Waals surface area contributed by atoms with Crippen molar-refractivity contribution in [2.45, 2.75) is 60.0 Å². The number of amides is 1. The highest BCUT2D eigenvalue weighted by atomic mass is 16.6. The van der Waals surface area contributed by atoms with E-state index in [9.17, 15) is 9.59 Å². The predicted octanol–water partition coefficient (Wildman–Crippen LogP) is 3.25. The van der Waals surface area contributed by atoms with Crippen LogP contribution in [0.5, 0.6) is 0 Å². The summed E-state index contributed by atoms with van der Waals surface area (Å²) in [4.78, 5) is 25.2. The molecular formula is C14H27NO3. The number of ketones is 1. The van der Waals surface area contributed by atoms with Gasteiger partial charge >= 0.3 is 6.09 Å². The third-order valence-corrected chi connectivity index (χ3v) is 2.42. The Bertz CT molecular complexity index is 279. The maximum absolute atomic E-state index is 12.0. The van der Waals surface area contributed by atoms with E-state index in [0.29, 0.717) is 6.54 Å². The maximum Gasteiger partial charge on any atom is 0.410 e. The summed E-state index contributed by atoms with van der Waals surface area (Å²) < 4.78 is 5.31. The molecule has 0 aliphatic heterocycles. The summed E-state index contributed by atoms with van der Waals surface area (Å²) in [6.45, 7) is 11.9. The second kappa shape index (κ2) is 7.39. The first kappa shape index (κ1) is 16.9. The van der Waals surface area contributed by atoms with E-state index in [0.717, 1.165) is 12.8 Å². The Labute approximate surface area is 111 Å². The van der Waals surface area contributed by atoms with Crippen LogP contribution in [0.25, 0.3) is 0 Å². The average molecular weight is 257 g/mol. The van der Waals surface area contributed by atoms with Crippen molar-refractivity contribution >= 4 is 11.9 Å². The normalized spacial score (nSPS) is 11.5. The van der Waals surface area contributed by atoms with Crippen LogP contribution >= 0.6 is 0 Å². The van der Waals surface area contributed by atoms with Gasteiger partial charge in [-0.3, -0.25) is 4.79 Å². The molecule has 0 aromatic rings. The fraction of sp³-hybridized carbons (Fsp3) is 0.857. The molecule has 4 nitrogen and oxygen atoms in total. The Morgan fingerprint density at radius 1 is 1.22 bits per heavy atom. The highest BCUT2D eigenvalue weighted by Gasteiger charge is 2.24. The van der Waals surface area contributed by atoms with Crippen molar-refractivity contribution in [2.75, 3.05) is 13.1 Å². The Hall–Kier alpha value is -1.06. The average Bonchev–Trinajstić information content (AvgIpc) is 2.20. The molecule has 0 unspecified atom stereocenters. The zero-order valence-corrected chi connectivity index (χ0v) is 12.6. The number of ether oxygens (including phenoxy) is 1. The number of hydrogen-bond acceptors (Lipinski definition) is 3. The summed E-state index contributed by atoms with van der Waals surface area (Å²) in [7, 11) is 0. The molecule has 0 fully saturated rings. The van der Waals surface area contributed by atoms with Gasteiger partial charge in [0.2, 0.25) is 0 Å². The molecule has 4 heteroatoms. The number of hydrogen-bond donors (Lipinski definition) is 0. The highest BCUT2D eigenvalue weighted by Crippen LogP contribution is 2.11. The van der Waals surface area contributed by atoms with Gasteiger partial charge in [0, 0.05) is 12.5 Å². The van der Waals surface area contributed by atoms with Crippen LogP contribution in [0.1, 0.15) is 54.4 Å². The number of carbonyl (C=O) groups excluding carboxylic acids is 2. The van der Waals surface area contributed by atoms with Crippen molar-refractivity contribution in [2.24, 2.45) is 5.92 Å². The molecule has 0 aliphatic rings. The number of unbranched alkanes of at least 4 members (excludes halogenated alkanes) is 1. The van der Waals surface area contributed by atoms with E-state index in [-0.39, 0.29) is 18.2 Å². The van der Waals surface area contributed by atoms with E-state index in [4.69, 9.17) is 4.74 Å². The standard InChI is InChI=1S/C14H27NO3/c1-7-8-9-15(10-12(16)11(2)3)13(17)18-14(4,5)6/h11H,7-10H2,1-6H3. The molecule has 0 aromatic carbocycles. The summed E-state index contributed by atoms with van der Waals surface area (Å²) in [6.07, 6.45) is 1.46. The molecule has 0 bridgehead atoms. The number of nitrogens with zero attached hydrogens (tertiary/aromatic N) is 1. The topological polar surface area (TPSA) is 46.6 Å². The molecule has 0 saturated carbocycles. The van der Waals surface area contributed by atoms with E-state index in [2.05, 4.69) is 6.92 Å². The van der Waals surface area contributed by atoms with Crippen LogP contribution in [0.3, 0.4) is 0 Å². The summed E-state index contributed by atoms with van der Waals surface area (Å²) in [5.74, 6) is 0.00789. The fourth-order valence-electron chi connectivity index (χ4n) is 1.28. The van der Waals surface area contributed by atoms with Crippen LogP contribution in [-0.2, 0) is 9.53 Å². The van der Waals surface area contributed by atoms with Crippen molar-refractivity contribution in [1.82, 2.24) is 4.90 Å². The molecule has 0 N–H and O–H groups in total. The lowest BCUT2D eigenvalue weighted by molar-refractivity contribution is -0.123. The van der Waals surface area contributed by atoms with Gasteiger partial charge in [-0.25, -0.2) is 4.79 Å². The molecule has 0 rings (SSSR count). The minimum absolute atomic E-state index is 0.0587. The monoisotopic (exact) mass is 257 g/mol. The van der Waals surface area contributed by atoms with Crippen molar-refractivity contribution in [3.8, 4) is 0 Å². The molecule has 106 valence electrons. The van der Waals surface area contributed by atoms with Gasteiger partial charge in [-0.05, 0) is 27.2 Å². The smallest absolute Gasteiger partial charge is 0.410 e. The largest absolute Gasteiger partial charge is 0.444 e. The number of Topliss-reactive ketones (excluding diaryl/α,β-unsaturated/α-hetero) is 1. The van der Waals surface area contributed by atoms with Crippen molar-refractivity contribution in [3.63, 3.8) is 0 Å². The van der Waals surface area contributed by atoms with Crippen LogP contribution in [0.2, 0.25) is 0 Å². The van der Waals surface area contributed by atoms with Gasteiger partial charge in [-0.1, -0.05) is 27.2 Å². The highest BCUT2D eigenvalue weighted by molar-refractivity contribution is 5.85. The van der Waals surface area contributed by atoms with E-state index in [1.807, 2.05) is 34.6 Å². The lowest BCUT2D eigenvalue weighted by Gasteiger charge is -2.27. The zero-order chi connectivity index (χ0) is 14.3. The Kier molecular flexibility index (Phi) is 6.96. The molecule has 0 atom stereocenters. The number of rotatable bonds is 6. The molecule has 0 spiro atoms. The van der Waals surface area contributed by atoms with Crippen molar-refractivity contribution in [3.05, 3.63) is 0 Å². The van der Waals surface area contributed by atoms with Gasteiger partial charge in [-0.15, -0.1) is 0 Å². The Morgan fingerprint density at radius 3 is 2.17 bits per heavy atom. The van der Waals surface area contributed by atoms with Crippen molar-refractivity contribution < 1.29 is 14.3 Å². The molecule has 1 amide bonds. The molecule has 0 saturated heterocycles. The van der Waals surface area contributed by atoms with Crippen LogP contribution in [0, 0.1) is 5.92 Å². The zero-order valence-electron chi connectivity index (χ0n) is 12.6. The van der Waals surface area contributed by atoms with Crippen molar-refractivity contribution in [1.29, 1.82) is 0 Å². The minimum Gasteiger partial charge on any atom is -0.444 e. The van der Waals surface area contributed by atoms with E-state index < -0.39 is 11.7 Å². The van der Waals surface area contributed by atoms with Crippen LogP contribution in [0.15, 0.2) is 0 Å². The van der Waals surface area contributed by atoms with Gasteiger partial charge in [0.15, 0.2) is 5.78 Å². The second-order valence-electron chi connectivity index (χ2n) is 5.88. The van der Waals surface area contributed by atoms with E-state index in [1.54, 1.807) is 0 Å². The summed E-state index contributed by atoms with van der Waals surface area (Å²) >= 11 is 0. The lowest BCUT2D eigenvalue weighted by Crippen LogP contribution is -2.41. The van der Waals surface area contributed by atoms with E-state index >= 15 is 0 Å². The molecule has 18 heavy (non-hydrogen) atoms. The molecular weight excluding hydrogens is 230 g/mol. The van der Waals surface area contributed by atoms with Crippen LogP contribution in [-0.4, -0.2) is 35.5 Å². The molecule has 0 aromatic heterocycles. The maximum atomic E-state index is 12.0. The van der Waals surface area contributed by atoms with Gasteiger partial charge in [0.1, 0.15) is 5.60 Å². The van der Waals surface area contributed by atoms with Gasteiger partial charge in [-0.2, -0.15) is 0 Å². The quantitative estimate of drug-likeness (QED) is 0.733. The third kappa shape index (κ3) is 7.30. The van der Waals surface area contributed by atoms with E-state index in [1.165, 1.54) is 4.90 Å². The first-order valence-corrected chi connectivity index (χ1v) is 6.68. The summed E-state index contributed by atoms with van der Waals surface area (Å²) in [6, 6.07) is 0. The van der Waals surface area contributed by atoms with Crippen LogP contribution < -0.4 is 0 Å². The number of carbonyl (C=O) groups is 2. The predicted molar refractivity (Wildman–Crippen MR) is 72.6 cm³/mol. The SMILES string of the molecule is CCCCN(CC(=O)C(C)C)C(=O)OC(C)(C)C. The van der Waals surface area contributed by atoms with Crippen LogP contribution in [0.4, 0.5) is 4.79 Å². The Balaban J connectivity index is 4.56. The first-order valence-electron chi connectivity index (χ1n) is 6.68. The lowest BCUT2D eigenvalue weighted by atomic mass is 10.1. The summed E-state index contributed by atoms with van der Waals surface area (Å²) in [5.41, 5.74) is -0.525. The molecule has 0 heterocycles. The van der Waals surface area contributed by atoms with Gasteiger partial charge < -0.3 is 9.64 Å². The van der Waals surface area contributed by atoms with Gasteiger partial charge in [0.25, 0.3) is 0 Å². The first-order chi connectivity index (χ1) is 8.17. The molecule has 0 radical (unpaired) electrons.